The van der Waals surface area contributed by atoms with E-state index in [1.807, 2.05) is 0 Å². The van der Waals surface area contributed by atoms with Crippen molar-refractivity contribution in [2.24, 2.45) is 0 Å². The molecule has 0 saturated carbocycles. The van der Waals surface area contributed by atoms with Crippen LogP contribution < -0.4 is 0 Å². The van der Waals surface area contributed by atoms with Gasteiger partial charge in [0.05, 0.1) is 31.2 Å². The van der Waals surface area contributed by atoms with E-state index in [2.05, 4.69) is 0 Å². The van der Waals surface area contributed by atoms with Crippen LogP contribution >= 0.6 is 46.4 Å². The van der Waals surface area contributed by atoms with Crippen LogP contribution in [0.5, 0.6) is 0 Å². The average molecular weight is 266 g/mol. The van der Waals surface area contributed by atoms with Crippen LogP contribution in [0.3, 0.4) is 0 Å². The molecule has 14 heavy (non-hydrogen) atoms. The summed E-state index contributed by atoms with van der Waals surface area (Å²) in [5.41, 5.74) is -0.123. The van der Waals surface area contributed by atoms with Gasteiger partial charge in [-0.15, -0.1) is 0 Å². The molecule has 0 atom stereocenters. The second kappa shape index (κ2) is 4.26. The highest BCUT2D eigenvalue weighted by molar-refractivity contribution is 6.52. The van der Waals surface area contributed by atoms with Gasteiger partial charge in [0.2, 0.25) is 0 Å². The lowest BCUT2D eigenvalue weighted by Gasteiger charge is -2.05. The van der Waals surface area contributed by atoms with Gasteiger partial charge in [0, 0.05) is 0 Å². The van der Waals surface area contributed by atoms with E-state index >= 15 is 0 Å². The lowest BCUT2D eigenvalue weighted by Crippen LogP contribution is -1.90. The van der Waals surface area contributed by atoms with E-state index < -0.39 is 0 Å². The zero-order chi connectivity index (χ0) is 10.9. The quantitative estimate of drug-likeness (QED) is 0.525. The van der Waals surface area contributed by atoms with Crippen molar-refractivity contribution in [1.82, 2.24) is 0 Å². The maximum absolute atomic E-state index is 8.72. The summed E-state index contributed by atoms with van der Waals surface area (Å²) < 4.78 is 0. The molecule has 0 N–H and O–H groups in total. The molecule has 0 spiro atoms. The number of halogens is 4. The van der Waals surface area contributed by atoms with Gasteiger partial charge in [0.1, 0.15) is 12.1 Å². The van der Waals surface area contributed by atoms with E-state index in [0.29, 0.717) is 0 Å². The molecule has 0 saturated heterocycles. The predicted molar refractivity (Wildman–Crippen MR) is 55.9 cm³/mol. The van der Waals surface area contributed by atoms with Crippen LogP contribution in [0.25, 0.3) is 0 Å². The molecule has 1 rings (SSSR count). The topological polar surface area (TPSA) is 47.6 Å². The molecule has 70 valence electrons. The van der Waals surface area contributed by atoms with Crippen molar-refractivity contribution in [3.63, 3.8) is 0 Å². The fourth-order valence-electron chi connectivity index (χ4n) is 0.842. The number of hydrogen-bond donors (Lipinski definition) is 0. The Bertz CT molecular complexity index is 437. The Kier molecular flexibility index (Phi) is 3.48. The molecule has 0 fully saturated rings. The average Bonchev–Trinajstić information content (AvgIpc) is 2.20. The molecule has 0 radical (unpaired) electrons. The van der Waals surface area contributed by atoms with Crippen LogP contribution in [-0.2, 0) is 0 Å². The van der Waals surface area contributed by atoms with E-state index in [0.717, 1.165) is 0 Å². The molecule has 1 aromatic carbocycles. The van der Waals surface area contributed by atoms with Crippen LogP contribution in [0.1, 0.15) is 11.1 Å². The molecular weight excluding hydrogens is 266 g/mol. The summed E-state index contributed by atoms with van der Waals surface area (Å²) in [6.45, 7) is 0. The van der Waals surface area contributed by atoms with Gasteiger partial charge < -0.3 is 0 Å². The van der Waals surface area contributed by atoms with Crippen molar-refractivity contribution in [3.8, 4) is 12.1 Å². The number of nitriles is 2. The van der Waals surface area contributed by atoms with E-state index in [1.54, 1.807) is 12.1 Å². The minimum absolute atomic E-state index is 0.0196. The second-order valence-electron chi connectivity index (χ2n) is 2.23. The lowest BCUT2D eigenvalue weighted by atomic mass is 10.1. The van der Waals surface area contributed by atoms with Gasteiger partial charge in [-0.3, -0.25) is 0 Å². The zero-order valence-electron chi connectivity index (χ0n) is 6.41. The van der Waals surface area contributed by atoms with Crippen LogP contribution in [0.2, 0.25) is 20.1 Å². The largest absolute Gasteiger partial charge is 0.192 e. The Morgan fingerprint density at radius 1 is 0.643 bits per heavy atom. The highest BCUT2D eigenvalue weighted by Gasteiger charge is 2.19. The van der Waals surface area contributed by atoms with Crippen molar-refractivity contribution in [3.05, 3.63) is 31.2 Å². The maximum atomic E-state index is 8.72. The molecule has 6 heteroatoms. The summed E-state index contributed by atoms with van der Waals surface area (Å²) in [7, 11) is 0. The Morgan fingerprint density at radius 3 is 1.14 bits per heavy atom. The molecule has 0 aliphatic rings. The molecule has 0 heterocycles. The minimum Gasteiger partial charge on any atom is -0.192 e. The number of benzene rings is 1. The van der Waals surface area contributed by atoms with Crippen molar-refractivity contribution >= 4 is 46.4 Å². The number of nitrogens with zero attached hydrogens (tertiary/aromatic N) is 2. The normalized spacial score (nSPS) is 9.29. The Hall–Kier alpha value is -0.640. The van der Waals surface area contributed by atoms with Crippen LogP contribution in [0.15, 0.2) is 0 Å². The van der Waals surface area contributed by atoms with Gasteiger partial charge >= 0.3 is 0 Å². The third-order valence-corrected chi connectivity index (χ3v) is 3.29. The van der Waals surface area contributed by atoms with Gasteiger partial charge in [0.15, 0.2) is 0 Å². The smallest absolute Gasteiger partial charge is 0.102 e. The lowest BCUT2D eigenvalue weighted by molar-refractivity contribution is 1.43. The first kappa shape index (κ1) is 11.4. The first-order valence-corrected chi connectivity index (χ1v) is 4.72. The molecule has 0 aliphatic heterocycles. The Labute approximate surface area is 100 Å². The fourth-order valence-corrected chi connectivity index (χ4v) is 1.78. The van der Waals surface area contributed by atoms with Gasteiger partial charge in [-0.05, 0) is 0 Å². The highest BCUT2D eigenvalue weighted by atomic mass is 35.5. The first-order valence-electron chi connectivity index (χ1n) is 3.20. The van der Waals surface area contributed by atoms with E-state index in [9.17, 15) is 0 Å². The van der Waals surface area contributed by atoms with Crippen LogP contribution in [0, 0.1) is 22.7 Å². The predicted octanol–water partition coefficient (Wildman–Crippen LogP) is 4.04. The summed E-state index contributed by atoms with van der Waals surface area (Å²) in [4.78, 5) is 0. The van der Waals surface area contributed by atoms with Crippen LogP contribution in [0.4, 0.5) is 0 Å². The fraction of sp³-hybridized carbons (Fsp3) is 0. The van der Waals surface area contributed by atoms with Gasteiger partial charge in [-0.25, -0.2) is 0 Å². The molecular formula is C8Cl4N2. The molecule has 1 aromatic rings. The molecule has 0 aromatic heterocycles. The molecule has 2 nitrogen and oxygen atoms in total. The van der Waals surface area contributed by atoms with E-state index in [1.165, 1.54) is 0 Å². The molecule has 0 unspecified atom stereocenters. The summed E-state index contributed by atoms with van der Waals surface area (Å²) in [6, 6.07) is 3.48. The van der Waals surface area contributed by atoms with Gasteiger partial charge in [-0.1, -0.05) is 46.4 Å². The summed E-state index contributed by atoms with van der Waals surface area (Å²) in [5, 5.41) is 17.3. The molecule has 0 amide bonds. The number of rotatable bonds is 0. The first-order chi connectivity index (χ1) is 6.54. The standard InChI is InChI=1S/C8Cl4N2/c9-5-3(1-13)4(2-14)6(10)8(12)7(5)11. The molecule has 0 bridgehead atoms. The summed E-state index contributed by atoms with van der Waals surface area (Å²) in [6.07, 6.45) is 0. The Morgan fingerprint density at radius 2 is 0.929 bits per heavy atom. The second-order valence-corrected chi connectivity index (χ2v) is 3.74. The van der Waals surface area contributed by atoms with Crippen molar-refractivity contribution < 1.29 is 0 Å². The third-order valence-electron chi connectivity index (χ3n) is 1.49. The maximum Gasteiger partial charge on any atom is 0.102 e. The Balaban J connectivity index is 3.79. The van der Waals surface area contributed by atoms with Gasteiger partial charge in [0.25, 0.3) is 0 Å². The van der Waals surface area contributed by atoms with Crippen LogP contribution in [-0.4, -0.2) is 0 Å². The van der Waals surface area contributed by atoms with Crippen molar-refractivity contribution in [2.75, 3.05) is 0 Å². The van der Waals surface area contributed by atoms with Crippen molar-refractivity contribution in [1.29, 1.82) is 10.5 Å². The summed E-state index contributed by atoms with van der Waals surface area (Å²) >= 11 is 22.8. The van der Waals surface area contributed by atoms with E-state index in [4.69, 9.17) is 56.9 Å². The zero-order valence-corrected chi connectivity index (χ0v) is 9.43. The SMILES string of the molecule is N#Cc1c(Cl)c(Cl)c(Cl)c(Cl)c1C#N. The third kappa shape index (κ3) is 1.63. The monoisotopic (exact) mass is 264 g/mol. The van der Waals surface area contributed by atoms with E-state index in [-0.39, 0.29) is 31.2 Å². The number of hydrogen-bond acceptors (Lipinski definition) is 2. The highest BCUT2D eigenvalue weighted by Crippen LogP contribution is 2.40. The van der Waals surface area contributed by atoms with Crippen molar-refractivity contribution in [2.45, 2.75) is 0 Å². The summed E-state index contributed by atoms with van der Waals surface area (Å²) in [5.74, 6) is 0. The molecule has 0 aliphatic carbocycles. The minimum atomic E-state index is -0.0615. The van der Waals surface area contributed by atoms with Gasteiger partial charge in [-0.2, -0.15) is 10.5 Å².